The Morgan fingerprint density at radius 2 is 0.229 bits per heavy atom. The number of rotatable bonds is 0. The van der Waals surface area contributed by atoms with Crippen molar-refractivity contribution >= 4 is 0 Å². The molecule has 14 heteroatoms. The highest BCUT2D eigenvalue weighted by Gasteiger charge is 2.54. The van der Waals surface area contributed by atoms with E-state index in [1.54, 1.807) is 0 Å². The van der Waals surface area contributed by atoms with Crippen molar-refractivity contribution in [1.29, 1.82) is 0 Å². The first-order valence-corrected chi connectivity index (χ1v) is 28.1. The second-order valence-corrected chi connectivity index (χ2v) is 24.7. The fourth-order valence-electron chi connectivity index (χ4n) is 13.5. The van der Waals surface area contributed by atoms with Gasteiger partial charge < -0.3 is 66.3 Å². The molecule has 70 heavy (non-hydrogen) atoms. The Balaban J connectivity index is 1.02. The molecule has 406 valence electrons. The van der Waals surface area contributed by atoms with Gasteiger partial charge in [-0.05, 0) is 89.9 Å². The van der Waals surface area contributed by atoms with Crippen molar-refractivity contribution in [2.45, 2.75) is 275 Å². The van der Waals surface area contributed by atoms with E-state index in [0.717, 1.165) is 0 Å². The molecular weight excluding hydrogens is 897 g/mol. The average molecular weight is 995 g/mol. The maximum absolute atomic E-state index is 6.97. The lowest BCUT2D eigenvalue weighted by atomic mass is 9.81. The van der Waals surface area contributed by atoms with Crippen LogP contribution in [0.5, 0.6) is 0 Å². The van der Waals surface area contributed by atoms with Gasteiger partial charge in [-0.3, -0.25) is 0 Å². The number of hydrogen-bond donors (Lipinski definition) is 0. The van der Waals surface area contributed by atoms with Crippen LogP contribution in [0.15, 0.2) is 0 Å². The van der Waals surface area contributed by atoms with Crippen molar-refractivity contribution in [2.75, 3.05) is 0 Å². The number of ether oxygens (including phenoxy) is 14. The minimum Gasteiger partial charge on any atom is -0.347 e. The highest BCUT2D eigenvalue weighted by molar-refractivity contribution is 4.96. The molecule has 35 atom stereocenters. The van der Waals surface area contributed by atoms with E-state index in [-0.39, 0.29) is 168 Å². The summed E-state index contributed by atoms with van der Waals surface area (Å²) in [5, 5.41) is 0. The Morgan fingerprint density at radius 3 is 0.329 bits per heavy atom. The highest BCUT2D eigenvalue weighted by atomic mass is 16.8. The van der Waals surface area contributed by atoms with Gasteiger partial charge >= 0.3 is 0 Å². The maximum atomic E-state index is 6.97. The van der Waals surface area contributed by atoms with Crippen molar-refractivity contribution in [2.24, 2.45) is 82.9 Å². The van der Waals surface area contributed by atoms with E-state index in [1.165, 1.54) is 0 Å². The Bertz CT molecular complexity index is 1360. The minimum atomic E-state index is -0.419. The molecule has 21 saturated heterocycles. The highest BCUT2D eigenvalue weighted by Crippen LogP contribution is 2.46. The fourth-order valence-corrected chi connectivity index (χ4v) is 13.5. The summed E-state index contributed by atoms with van der Waals surface area (Å²) in [6, 6.07) is 0. The Kier molecular flexibility index (Phi) is 17.6. The van der Waals surface area contributed by atoms with Crippen LogP contribution in [0.2, 0.25) is 0 Å². The van der Waals surface area contributed by atoms with Crippen LogP contribution in [-0.4, -0.2) is 129 Å². The topological polar surface area (TPSA) is 129 Å². The minimum absolute atomic E-state index is 0.0576. The summed E-state index contributed by atoms with van der Waals surface area (Å²) in [5.74, 6) is 1.37. The van der Waals surface area contributed by atoms with Gasteiger partial charge in [-0.1, -0.05) is 96.9 Å². The Morgan fingerprint density at radius 1 is 0.129 bits per heavy atom. The first-order chi connectivity index (χ1) is 32.9. The molecular formula is C56H98O14. The van der Waals surface area contributed by atoms with E-state index in [2.05, 4.69) is 145 Å². The summed E-state index contributed by atoms with van der Waals surface area (Å²) in [4.78, 5) is 0. The third kappa shape index (κ3) is 10.6. The molecule has 14 bridgehead atoms. The molecule has 15 unspecified atom stereocenters. The molecule has 14 nitrogen and oxygen atoms in total. The molecule has 0 aliphatic carbocycles. The van der Waals surface area contributed by atoms with Crippen molar-refractivity contribution in [3.63, 3.8) is 0 Å². The van der Waals surface area contributed by atoms with E-state index >= 15 is 0 Å². The van der Waals surface area contributed by atoms with E-state index in [4.69, 9.17) is 66.3 Å². The van der Waals surface area contributed by atoms with Crippen LogP contribution in [0.1, 0.15) is 145 Å². The van der Waals surface area contributed by atoms with E-state index < -0.39 is 44.0 Å². The zero-order valence-electron chi connectivity index (χ0n) is 46.9. The van der Waals surface area contributed by atoms with Crippen molar-refractivity contribution in [3.8, 4) is 0 Å². The summed E-state index contributed by atoms with van der Waals surface area (Å²) >= 11 is 0. The summed E-state index contributed by atoms with van der Waals surface area (Å²) in [7, 11) is 0. The number of hydrogen-bond acceptors (Lipinski definition) is 14. The van der Waals surface area contributed by atoms with Crippen molar-refractivity contribution in [1.82, 2.24) is 0 Å². The molecule has 0 spiro atoms. The average Bonchev–Trinajstić information content (AvgIpc) is 3.31. The Hall–Kier alpha value is -0.560. The lowest BCUT2D eigenvalue weighted by Crippen LogP contribution is -2.59. The zero-order valence-corrected chi connectivity index (χ0v) is 46.9. The molecule has 0 saturated carbocycles. The molecule has 0 aromatic carbocycles. The van der Waals surface area contributed by atoms with Gasteiger partial charge in [-0.25, -0.2) is 0 Å². The molecule has 0 aromatic rings. The van der Waals surface area contributed by atoms with Crippen LogP contribution < -0.4 is 0 Å². The second-order valence-electron chi connectivity index (χ2n) is 24.7. The molecule has 21 aliphatic heterocycles. The molecule has 21 aliphatic rings. The molecule has 0 N–H and O–H groups in total. The Labute approximate surface area is 422 Å². The normalized spacial score (nSPS) is 59.7. The quantitative estimate of drug-likeness (QED) is 0.228. The van der Waals surface area contributed by atoms with Crippen molar-refractivity contribution < 1.29 is 66.3 Å². The molecule has 0 amide bonds. The van der Waals surface area contributed by atoms with Crippen LogP contribution in [-0.2, 0) is 66.3 Å². The third-order valence-corrected chi connectivity index (χ3v) is 20.2. The largest absolute Gasteiger partial charge is 0.347 e. The summed E-state index contributed by atoms with van der Waals surface area (Å²) in [5.41, 5.74) is 0. The zero-order chi connectivity index (χ0) is 51.1. The van der Waals surface area contributed by atoms with Crippen LogP contribution in [0.4, 0.5) is 0 Å². The predicted molar refractivity (Wildman–Crippen MR) is 263 cm³/mol. The van der Waals surface area contributed by atoms with Gasteiger partial charge in [0.2, 0.25) is 0 Å². The van der Waals surface area contributed by atoms with Gasteiger partial charge in [0.05, 0.1) is 85.5 Å². The van der Waals surface area contributed by atoms with Gasteiger partial charge in [0.1, 0.15) is 0 Å². The van der Waals surface area contributed by atoms with Gasteiger partial charge in [0.25, 0.3) is 0 Å². The van der Waals surface area contributed by atoms with Crippen LogP contribution in [0.3, 0.4) is 0 Å². The van der Waals surface area contributed by atoms with Crippen molar-refractivity contribution in [3.05, 3.63) is 0 Å². The summed E-state index contributed by atoms with van der Waals surface area (Å²) in [6.45, 7) is 46.0. The van der Waals surface area contributed by atoms with Crippen LogP contribution in [0, 0.1) is 82.9 Å². The molecule has 0 aromatic heterocycles. The first-order valence-electron chi connectivity index (χ1n) is 28.1. The van der Waals surface area contributed by atoms with Gasteiger partial charge in [-0.2, -0.15) is 0 Å². The summed E-state index contributed by atoms with van der Waals surface area (Å²) in [6.07, 6.45) is -5.78. The van der Waals surface area contributed by atoms with Gasteiger partial charge in [0.15, 0.2) is 44.0 Å². The monoisotopic (exact) mass is 995 g/mol. The predicted octanol–water partition coefficient (Wildman–Crippen LogP) is 9.82. The fraction of sp³-hybridized carbons (Fsp3) is 1.00. The molecule has 21 fully saturated rings. The molecule has 21 heterocycles. The lowest BCUT2D eigenvalue weighted by molar-refractivity contribution is -0.364. The second kappa shape index (κ2) is 22.2. The van der Waals surface area contributed by atoms with Gasteiger partial charge in [0, 0.05) is 41.4 Å². The standard InChI is InChI=1S/C56H98O14/c1-22-29(8)50-57-36(15)43(22)64-51-30(9)23(2)45(38(17)58-51)66-53-32(11)25(4)47(40(19)60-53)68-55-34(13)27(6)49(42(21)62-55)70-56-35(14)28(7)48(41(20)63-56)69-54-33(12)26(5)46(39(18)61-54)67-52-31(10)24(3)44(65-50)37(16)59-52/h22-56H,1-21H3/t22-,23-,24-,25-,26-,27-,28-,29?,30?,31?,32?,33?,34?,35?,36?,37?,38?,39?,40?,41?,42?,43+,44+,45+,46+,47+,48+,49+,50-,51+,52+,53+,54+,55?,56-/m1/s1. The lowest BCUT2D eigenvalue weighted by Gasteiger charge is -2.51. The molecule has 0 radical (unpaired) electrons. The van der Waals surface area contributed by atoms with E-state index in [1.807, 2.05) is 0 Å². The molecule has 21 rings (SSSR count). The van der Waals surface area contributed by atoms with Crippen LogP contribution in [0.25, 0.3) is 0 Å². The van der Waals surface area contributed by atoms with Crippen LogP contribution >= 0.6 is 0 Å². The third-order valence-electron chi connectivity index (χ3n) is 20.2. The van der Waals surface area contributed by atoms with E-state index in [9.17, 15) is 0 Å². The SMILES string of the molecule is CC1C2OC(C)[C@@H](O[C@H]3OC(C)[C@@H](O[C@@H]4OC(C)[C@@H](O[C@@H]5OC(C)[C@@H](O[C@H]6OC(C)[C@@H](O[C@@H]7OC(C)[C@@H](O[C@@H]8OC(C)[C@@H](O2)[C@H](C)C8C)[C@H](C)C7C)[C@H](C)C6C)[C@H](C)C5C)[C@H](C)C4C)[C@H](C)C3C)[C@@H]1C. The summed E-state index contributed by atoms with van der Waals surface area (Å²) < 4.78 is 96.1. The first kappa shape index (κ1) is 55.7. The van der Waals surface area contributed by atoms with E-state index in [0.29, 0.717) is 0 Å². The smallest absolute Gasteiger partial charge is 0.161 e. The van der Waals surface area contributed by atoms with Gasteiger partial charge in [-0.15, -0.1) is 0 Å². The maximum Gasteiger partial charge on any atom is 0.161 e.